The Bertz CT molecular complexity index is 1080. The number of hydrogen-bond acceptors (Lipinski definition) is 5. The van der Waals surface area contributed by atoms with E-state index in [-0.39, 0.29) is 22.3 Å². The molecular weight excluding hydrogens is 381 g/mol. The molecule has 8 heteroatoms. The van der Waals surface area contributed by atoms with Crippen LogP contribution in [0.5, 0.6) is 11.8 Å². The van der Waals surface area contributed by atoms with Crippen LogP contribution in [0, 0.1) is 19.7 Å². The summed E-state index contributed by atoms with van der Waals surface area (Å²) in [5.41, 5.74) is 2.05. The van der Waals surface area contributed by atoms with E-state index in [9.17, 15) is 12.8 Å². The van der Waals surface area contributed by atoms with Crippen molar-refractivity contribution in [1.82, 2.24) is 9.97 Å². The van der Waals surface area contributed by atoms with Gasteiger partial charge in [-0.1, -0.05) is 31.2 Å². The summed E-state index contributed by atoms with van der Waals surface area (Å²) in [4.78, 5) is 8.45. The summed E-state index contributed by atoms with van der Waals surface area (Å²) in [7, 11) is -3.79. The molecule has 0 aliphatic carbocycles. The Labute approximate surface area is 163 Å². The average molecular weight is 401 g/mol. The first kappa shape index (κ1) is 19.8. The van der Waals surface area contributed by atoms with Gasteiger partial charge in [-0.05, 0) is 50.1 Å². The molecule has 0 aliphatic heterocycles. The minimum absolute atomic E-state index is 0.00866. The molecule has 1 aromatic heterocycles. The molecule has 0 fully saturated rings. The van der Waals surface area contributed by atoms with Gasteiger partial charge in [-0.15, -0.1) is 0 Å². The Morgan fingerprint density at radius 3 is 2.18 bits per heavy atom. The van der Waals surface area contributed by atoms with Gasteiger partial charge in [-0.2, -0.15) is 9.97 Å². The number of sulfonamides is 1. The van der Waals surface area contributed by atoms with E-state index in [4.69, 9.17) is 4.74 Å². The monoisotopic (exact) mass is 401 g/mol. The lowest BCUT2D eigenvalue weighted by Crippen LogP contribution is -2.16. The molecular formula is C20H20FN3O3S. The van der Waals surface area contributed by atoms with Crippen LogP contribution in [0.15, 0.2) is 53.4 Å². The van der Waals surface area contributed by atoms with E-state index in [0.717, 1.165) is 12.0 Å². The summed E-state index contributed by atoms with van der Waals surface area (Å²) in [5, 5.41) is 0. The quantitative estimate of drug-likeness (QED) is 0.663. The maximum absolute atomic E-state index is 13.7. The van der Waals surface area contributed by atoms with Gasteiger partial charge in [0.1, 0.15) is 0 Å². The van der Waals surface area contributed by atoms with Gasteiger partial charge in [0.05, 0.1) is 22.0 Å². The zero-order chi connectivity index (χ0) is 20.3. The molecule has 0 saturated carbocycles. The second-order valence-electron chi connectivity index (χ2n) is 6.19. The second kappa shape index (κ2) is 7.93. The summed E-state index contributed by atoms with van der Waals surface area (Å²) in [5.74, 6) is -0.549. The van der Waals surface area contributed by atoms with Gasteiger partial charge in [-0.25, -0.2) is 12.8 Å². The van der Waals surface area contributed by atoms with Gasteiger partial charge in [0.25, 0.3) is 10.0 Å². The number of anilines is 1. The molecule has 0 bridgehead atoms. The number of hydrogen-bond donors (Lipinski definition) is 1. The zero-order valence-electron chi connectivity index (χ0n) is 15.7. The van der Waals surface area contributed by atoms with Crippen LogP contribution >= 0.6 is 0 Å². The SMILES string of the molecule is CCc1ccc(S(=O)(=O)Nc2c(C)nc(Oc3ccccc3F)nc2C)cc1. The van der Waals surface area contributed by atoms with Crippen molar-refractivity contribution in [3.8, 4) is 11.8 Å². The first-order valence-corrected chi connectivity index (χ1v) is 10.2. The molecule has 146 valence electrons. The van der Waals surface area contributed by atoms with Gasteiger partial charge in [0.2, 0.25) is 0 Å². The third kappa shape index (κ3) is 4.28. The highest BCUT2D eigenvalue weighted by Crippen LogP contribution is 2.26. The van der Waals surface area contributed by atoms with Crippen molar-refractivity contribution in [3.63, 3.8) is 0 Å². The Hall–Kier alpha value is -3.00. The number of aryl methyl sites for hydroxylation is 3. The molecule has 0 aliphatic rings. The minimum atomic E-state index is -3.79. The number of halogens is 1. The van der Waals surface area contributed by atoms with Crippen molar-refractivity contribution in [2.75, 3.05) is 4.72 Å². The fourth-order valence-electron chi connectivity index (χ4n) is 2.60. The Balaban J connectivity index is 1.87. The van der Waals surface area contributed by atoms with Crippen LogP contribution in [0.2, 0.25) is 0 Å². The first-order chi connectivity index (χ1) is 13.3. The van der Waals surface area contributed by atoms with E-state index in [2.05, 4.69) is 14.7 Å². The Kier molecular flexibility index (Phi) is 5.60. The van der Waals surface area contributed by atoms with Crippen LogP contribution in [-0.2, 0) is 16.4 Å². The predicted molar refractivity (Wildman–Crippen MR) is 105 cm³/mol. The number of benzene rings is 2. The highest BCUT2D eigenvalue weighted by molar-refractivity contribution is 7.92. The summed E-state index contributed by atoms with van der Waals surface area (Å²) in [6, 6.07) is 12.5. The molecule has 0 amide bonds. The largest absolute Gasteiger partial charge is 0.421 e. The van der Waals surface area contributed by atoms with Crippen LogP contribution in [0.4, 0.5) is 10.1 Å². The summed E-state index contributed by atoms with van der Waals surface area (Å²) >= 11 is 0. The molecule has 3 rings (SSSR count). The number of ether oxygens (including phenoxy) is 1. The topological polar surface area (TPSA) is 81.2 Å². The lowest BCUT2D eigenvalue weighted by Gasteiger charge is -2.14. The zero-order valence-corrected chi connectivity index (χ0v) is 16.5. The lowest BCUT2D eigenvalue weighted by atomic mass is 10.2. The van der Waals surface area contributed by atoms with E-state index in [0.29, 0.717) is 11.4 Å². The molecule has 3 aromatic rings. The van der Waals surface area contributed by atoms with E-state index < -0.39 is 15.8 Å². The van der Waals surface area contributed by atoms with Crippen molar-refractivity contribution in [1.29, 1.82) is 0 Å². The van der Waals surface area contributed by atoms with Crippen molar-refractivity contribution in [2.24, 2.45) is 0 Å². The van der Waals surface area contributed by atoms with Crippen LogP contribution in [0.25, 0.3) is 0 Å². The average Bonchev–Trinajstić information content (AvgIpc) is 2.67. The van der Waals surface area contributed by atoms with Crippen LogP contribution in [0.1, 0.15) is 23.9 Å². The van der Waals surface area contributed by atoms with E-state index in [1.807, 2.05) is 6.92 Å². The maximum Gasteiger partial charge on any atom is 0.322 e. The third-order valence-corrected chi connectivity index (χ3v) is 5.53. The van der Waals surface area contributed by atoms with Crippen molar-refractivity contribution >= 4 is 15.7 Å². The van der Waals surface area contributed by atoms with Crippen molar-refractivity contribution < 1.29 is 17.5 Å². The predicted octanol–water partition coefficient (Wildman–Crippen LogP) is 4.39. The van der Waals surface area contributed by atoms with Gasteiger partial charge in [0, 0.05) is 0 Å². The van der Waals surface area contributed by atoms with Crippen LogP contribution in [0.3, 0.4) is 0 Å². The molecule has 6 nitrogen and oxygen atoms in total. The van der Waals surface area contributed by atoms with Gasteiger partial charge >= 0.3 is 6.01 Å². The number of aromatic nitrogens is 2. The third-order valence-electron chi connectivity index (χ3n) is 4.17. The highest BCUT2D eigenvalue weighted by atomic mass is 32.2. The fraction of sp³-hybridized carbons (Fsp3) is 0.200. The number of nitrogens with one attached hydrogen (secondary N) is 1. The maximum atomic E-state index is 13.7. The van der Waals surface area contributed by atoms with Gasteiger partial charge in [-0.3, -0.25) is 4.72 Å². The van der Waals surface area contributed by atoms with Gasteiger partial charge in [0.15, 0.2) is 11.6 Å². The molecule has 0 unspecified atom stereocenters. The standard InChI is InChI=1S/C20H20FN3O3S/c1-4-15-9-11-16(12-10-15)28(25,26)24-19-13(2)22-20(23-14(19)3)27-18-8-6-5-7-17(18)21/h5-12,24H,4H2,1-3H3. The molecule has 2 aromatic carbocycles. The summed E-state index contributed by atoms with van der Waals surface area (Å²) in [6.07, 6.45) is 0.823. The van der Waals surface area contributed by atoms with Crippen LogP contribution < -0.4 is 9.46 Å². The number of para-hydroxylation sites is 1. The summed E-state index contributed by atoms with van der Waals surface area (Å²) < 4.78 is 47.0. The Morgan fingerprint density at radius 1 is 1.00 bits per heavy atom. The molecule has 28 heavy (non-hydrogen) atoms. The first-order valence-electron chi connectivity index (χ1n) is 8.69. The van der Waals surface area contributed by atoms with Crippen LogP contribution in [-0.4, -0.2) is 18.4 Å². The molecule has 0 saturated heterocycles. The smallest absolute Gasteiger partial charge is 0.322 e. The normalized spacial score (nSPS) is 11.3. The number of rotatable bonds is 6. The fourth-order valence-corrected chi connectivity index (χ4v) is 3.78. The van der Waals surface area contributed by atoms with E-state index in [1.54, 1.807) is 50.2 Å². The lowest BCUT2D eigenvalue weighted by molar-refractivity contribution is 0.409. The second-order valence-corrected chi connectivity index (χ2v) is 7.87. The van der Waals surface area contributed by atoms with E-state index >= 15 is 0 Å². The molecule has 0 spiro atoms. The summed E-state index contributed by atoms with van der Waals surface area (Å²) in [6.45, 7) is 5.25. The molecule has 1 heterocycles. The highest BCUT2D eigenvalue weighted by Gasteiger charge is 2.19. The number of nitrogens with zero attached hydrogens (tertiary/aromatic N) is 2. The molecule has 1 N–H and O–H groups in total. The van der Waals surface area contributed by atoms with Crippen molar-refractivity contribution in [3.05, 3.63) is 71.3 Å². The Morgan fingerprint density at radius 2 is 1.61 bits per heavy atom. The molecule has 0 atom stereocenters. The minimum Gasteiger partial charge on any atom is -0.421 e. The van der Waals surface area contributed by atoms with E-state index in [1.165, 1.54) is 12.1 Å². The van der Waals surface area contributed by atoms with Crippen molar-refractivity contribution in [2.45, 2.75) is 32.1 Å². The molecule has 0 radical (unpaired) electrons. The van der Waals surface area contributed by atoms with Gasteiger partial charge < -0.3 is 4.74 Å².